The standard InChI is InChI=1S/C19H19N3O4S/c1-20-19-22(21-10-12-5-4-6-16(23)18(12)24)15(11-27-19)14-8-7-13(25-2)9-17(14)26-3/h4-11,23-24H,1-3H3. The number of thiazole rings is 1. The maximum Gasteiger partial charge on any atom is 0.205 e. The van der Waals surface area contributed by atoms with Gasteiger partial charge in [0.2, 0.25) is 4.80 Å². The van der Waals surface area contributed by atoms with E-state index in [4.69, 9.17) is 9.47 Å². The van der Waals surface area contributed by atoms with E-state index in [0.717, 1.165) is 11.3 Å². The first-order valence-electron chi connectivity index (χ1n) is 8.00. The van der Waals surface area contributed by atoms with Crippen LogP contribution in [0, 0.1) is 0 Å². The van der Waals surface area contributed by atoms with Crippen LogP contribution in [0.15, 0.2) is 51.9 Å². The summed E-state index contributed by atoms with van der Waals surface area (Å²) in [6.07, 6.45) is 1.47. The highest BCUT2D eigenvalue weighted by Gasteiger charge is 2.13. The molecular formula is C19H19N3O4S. The largest absolute Gasteiger partial charge is 0.504 e. The van der Waals surface area contributed by atoms with Crippen molar-refractivity contribution in [2.45, 2.75) is 0 Å². The molecule has 7 nitrogen and oxygen atoms in total. The van der Waals surface area contributed by atoms with Gasteiger partial charge in [-0.3, -0.25) is 4.99 Å². The maximum atomic E-state index is 9.97. The molecule has 140 valence electrons. The number of rotatable bonds is 5. The second-order valence-electron chi connectivity index (χ2n) is 5.46. The molecule has 3 rings (SSSR count). The average molecular weight is 385 g/mol. The Bertz CT molecular complexity index is 1050. The Morgan fingerprint density at radius 2 is 1.93 bits per heavy atom. The summed E-state index contributed by atoms with van der Waals surface area (Å²) in [7, 11) is 4.87. The van der Waals surface area contributed by atoms with Crippen molar-refractivity contribution in [1.82, 2.24) is 4.68 Å². The molecular weight excluding hydrogens is 366 g/mol. The molecule has 0 saturated heterocycles. The summed E-state index contributed by atoms with van der Waals surface area (Å²) in [4.78, 5) is 4.91. The van der Waals surface area contributed by atoms with Crippen LogP contribution in [-0.2, 0) is 0 Å². The molecule has 0 amide bonds. The summed E-state index contributed by atoms with van der Waals surface area (Å²) in [5, 5.41) is 26.0. The SMILES string of the molecule is CN=c1scc(-c2ccc(OC)cc2OC)n1N=Cc1cccc(O)c1O. The van der Waals surface area contributed by atoms with E-state index < -0.39 is 0 Å². The molecule has 0 unspecified atom stereocenters. The fourth-order valence-electron chi connectivity index (χ4n) is 2.53. The highest BCUT2D eigenvalue weighted by atomic mass is 32.1. The van der Waals surface area contributed by atoms with Crippen molar-refractivity contribution < 1.29 is 19.7 Å². The van der Waals surface area contributed by atoms with Crippen LogP contribution in [0.1, 0.15) is 5.56 Å². The van der Waals surface area contributed by atoms with Crippen molar-refractivity contribution >= 4 is 17.6 Å². The Morgan fingerprint density at radius 3 is 2.63 bits per heavy atom. The fraction of sp³-hybridized carbons (Fsp3) is 0.158. The topological polar surface area (TPSA) is 88.6 Å². The minimum atomic E-state index is -0.226. The number of methoxy groups -OCH3 is 2. The Kier molecular flexibility index (Phi) is 5.46. The zero-order valence-corrected chi connectivity index (χ0v) is 15.9. The van der Waals surface area contributed by atoms with Gasteiger partial charge in [-0.15, -0.1) is 11.3 Å². The summed E-state index contributed by atoms with van der Waals surface area (Å²) in [6, 6.07) is 10.2. The molecule has 0 saturated carbocycles. The lowest BCUT2D eigenvalue weighted by Crippen LogP contribution is -2.11. The van der Waals surface area contributed by atoms with Crippen molar-refractivity contribution in [3.05, 3.63) is 52.1 Å². The van der Waals surface area contributed by atoms with Crippen LogP contribution in [0.25, 0.3) is 11.3 Å². The summed E-state index contributed by atoms with van der Waals surface area (Å²) < 4.78 is 12.4. The first kappa shape index (κ1) is 18.5. The van der Waals surface area contributed by atoms with Gasteiger partial charge in [0.1, 0.15) is 11.5 Å². The van der Waals surface area contributed by atoms with Gasteiger partial charge < -0.3 is 19.7 Å². The molecule has 0 aliphatic carbocycles. The molecule has 0 aliphatic rings. The predicted molar refractivity (Wildman–Crippen MR) is 105 cm³/mol. The van der Waals surface area contributed by atoms with E-state index in [-0.39, 0.29) is 11.5 Å². The normalized spacial score (nSPS) is 11.9. The van der Waals surface area contributed by atoms with Crippen molar-refractivity contribution in [3.63, 3.8) is 0 Å². The van der Waals surface area contributed by atoms with Gasteiger partial charge in [-0.05, 0) is 24.3 Å². The van der Waals surface area contributed by atoms with E-state index in [1.165, 1.54) is 23.6 Å². The zero-order valence-electron chi connectivity index (χ0n) is 15.1. The zero-order chi connectivity index (χ0) is 19.4. The first-order chi connectivity index (χ1) is 13.1. The van der Waals surface area contributed by atoms with Crippen LogP contribution in [0.4, 0.5) is 0 Å². The number of para-hydroxylation sites is 1. The quantitative estimate of drug-likeness (QED) is 0.522. The number of phenolic OH excluding ortho intramolecular Hbond substituents is 2. The molecule has 27 heavy (non-hydrogen) atoms. The van der Waals surface area contributed by atoms with E-state index in [0.29, 0.717) is 21.9 Å². The third-order valence-electron chi connectivity index (χ3n) is 3.92. The van der Waals surface area contributed by atoms with Gasteiger partial charge in [0.05, 0.1) is 26.1 Å². The molecule has 2 aromatic carbocycles. The number of hydrogen-bond acceptors (Lipinski definition) is 7. The van der Waals surface area contributed by atoms with E-state index in [1.807, 2.05) is 17.5 Å². The average Bonchev–Trinajstić information content (AvgIpc) is 3.11. The number of nitrogens with zero attached hydrogens (tertiary/aromatic N) is 3. The second-order valence-corrected chi connectivity index (χ2v) is 6.30. The third-order valence-corrected chi connectivity index (χ3v) is 4.83. The Hall–Kier alpha value is -3.26. The Labute approximate surface area is 160 Å². The van der Waals surface area contributed by atoms with Crippen LogP contribution in [0.5, 0.6) is 23.0 Å². The first-order valence-corrected chi connectivity index (χ1v) is 8.88. The van der Waals surface area contributed by atoms with Crippen LogP contribution >= 0.6 is 11.3 Å². The van der Waals surface area contributed by atoms with Gasteiger partial charge in [0.25, 0.3) is 0 Å². The lowest BCUT2D eigenvalue weighted by Gasteiger charge is -2.11. The van der Waals surface area contributed by atoms with Crippen molar-refractivity contribution in [1.29, 1.82) is 0 Å². The van der Waals surface area contributed by atoms with E-state index in [9.17, 15) is 10.2 Å². The number of phenols is 2. The summed E-state index contributed by atoms with van der Waals surface area (Å²) >= 11 is 1.43. The molecule has 1 heterocycles. The smallest absolute Gasteiger partial charge is 0.205 e. The molecule has 0 bridgehead atoms. The predicted octanol–water partition coefficient (Wildman–Crippen LogP) is 3.06. The molecule has 1 aromatic heterocycles. The number of ether oxygens (including phenoxy) is 2. The number of aromatic nitrogens is 1. The molecule has 3 aromatic rings. The van der Waals surface area contributed by atoms with Crippen LogP contribution in [0.3, 0.4) is 0 Å². The molecule has 0 aliphatic heterocycles. The minimum Gasteiger partial charge on any atom is -0.504 e. The van der Waals surface area contributed by atoms with E-state index in [2.05, 4.69) is 10.1 Å². The molecule has 8 heteroatoms. The van der Waals surface area contributed by atoms with Crippen molar-refractivity contribution in [2.75, 3.05) is 21.3 Å². The van der Waals surface area contributed by atoms with Gasteiger partial charge in [-0.25, -0.2) is 4.68 Å². The fourth-order valence-corrected chi connectivity index (χ4v) is 3.33. The van der Waals surface area contributed by atoms with Gasteiger partial charge in [-0.2, -0.15) is 5.10 Å². The van der Waals surface area contributed by atoms with Gasteiger partial charge in [0, 0.05) is 29.6 Å². The Morgan fingerprint density at radius 1 is 1.11 bits per heavy atom. The van der Waals surface area contributed by atoms with E-state index in [1.54, 1.807) is 44.1 Å². The molecule has 0 radical (unpaired) electrons. The van der Waals surface area contributed by atoms with E-state index >= 15 is 0 Å². The highest BCUT2D eigenvalue weighted by molar-refractivity contribution is 7.07. The molecule has 0 spiro atoms. The molecule has 0 atom stereocenters. The van der Waals surface area contributed by atoms with Crippen molar-refractivity contribution in [3.8, 4) is 34.3 Å². The minimum absolute atomic E-state index is 0.202. The number of benzene rings is 2. The maximum absolute atomic E-state index is 9.97. The van der Waals surface area contributed by atoms with Crippen LogP contribution in [-0.4, -0.2) is 42.4 Å². The lowest BCUT2D eigenvalue weighted by molar-refractivity contribution is 0.395. The summed E-state index contributed by atoms with van der Waals surface area (Å²) in [5.74, 6) is 0.896. The molecule has 0 fully saturated rings. The van der Waals surface area contributed by atoms with Crippen molar-refractivity contribution in [2.24, 2.45) is 10.1 Å². The van der Waals surface area contributed by atoms with Crippen LogP contribution < -0.4 is 14.3 Å². The third kappa shape index (κ3) is 3.65. The monoisotopic (exact) mass is 385 g/mol. The van der Waals surface area contributed by atoms with Gasteiger partial charge in [0.15, 0.2) is 11.5 Å². The summed E-state index contributed by atoms with van der Waals surface area (Å²) in [6.45, 7) is 0. The molecule has 2 N–H and O–H groups in total. The summed E-state index contributed by atoms with van der Waals surface area (Å²) in [5.41, 5.74) is 1.99. The van der Waals surface area contributed by atoms with Gasteiger partial charge in [-0.1, -0.05) is 6.07 Å². The second kappa shape index (κ2) is 7.96. The lowest BCUT2D eigenvalue weighted by atomic mass is 10.1. The number of hydrogen-bond donors (Lipinski definition) is 2. The van der Waals surface area contributed by atoms with Crippen LogP contribution in [0.2, 0.25) is 0 Å². The number of aromatic hydroxyl groups is 2. The van der Waals surface area contributed by atoms with Gasteiger partial charge >= 0.3 is 0 Å². The Balaban J connectivity index is 2.12. The highest BCUT2D eigenvalue weighted by Crippen LogP contribution is 2.33.